The second-order valence-corrected chi connectivity index (χ2v) is 9.41. The van der Waals surface area contributed by atoms with E-state index >= 15 is 0 Å². The molecule has 0 amide bonds. The molecule has 0 aliphatic carbocycles. The van der Waals surface area contributed by atoms with E-state index in [2.05, 4.69) is 10.2 Å². The summed E-state index contributed by atoms with van der Waals surface area (Å²) in [5, 5.41) is 8.83. The van der Waals surface area contributed by atoms with Crippen molar-refractivity contribution in [1.82, 2.24) is 14.5 Å². The summed E-state index contributed by atoms with van der Waals surface area (Å²) in [5.74, 6) is 0. The summed E-state index contributed by atoms with van der Waals surface area (Å²) in [6.07, 6.45) is -2.53. The quantitative estimate of drug-likeness (QED) is 0.729. The van der Waals surface area contributed by atoms with Crippen LogP contribution in [0.1, 0.15) is 40.9 Å². The number of nitrogens with zero attached hydrogens (tertiary/aromatic N) is 3. The lowest BCUT2D eigenvalue weighted by Crippen LogP contribution is -2.38. The third-order valence-corrected chi connectivity index (χ3v) is 7.46. The fourth-order valence-corrected chi connectivity index (χ4v) is 5.99. The van der Waals surface area contributed by atoms with E-state index in [9.17, 15) is 21.6 Å². The third-order valence-electron chi connectivity index (χ3n) is 4.13. The van der Waals surface area contributed by atoms with E-state index in [-0.39, 0.29) is 11.4 Å². The molecule has 1 aromatic heterocycles. The maximum absolute atomic E-state index is 13.1. The Labute approximate surface area is 157 Å². The Morgan fingerprint density at radius 3 is 2.58 bits per heavy atom. The first kappa shape index (κ1) is 19.5. The number of aromatic nitrogens is 2. The highest BCUT2D eigenvalue weighted by Crippen LogP contribution is 2.39. The highest BCUT2D eigenvalue weighted by molar-refractivity contribution is 7.89. The lowest BCUT2D eigenvalue weighted by molar-refractivity contribution is -0.137. The largest absolute Gasteiger partial charge is 0.416 e. The van der Waals surface area contributed by atoms with Crippen LogP contribution in [0.4, 0.5) is 13.2 Å². The van der Waals surface area contributed by atoms with Crippen LogP contribution in [0, 0.1) is 6.92 Å². The van der Waals surface area contributed by atoms with Gasteiger partial charge in [0.2, 0.25) is 10.0 Å². The van der Waals surface area contributed by atoms with Crippen LogP contribution >= 0.6 is 22.9 Å². The Hall–Kier alpha value is -1.23. The van der Waals surface area contributed by atoms with Crippen LogP contribution in [0.5, 0.6) is 0 Å². The van der Waals surface area contributed by atoms with Crippen molar-refractivity contribution < 1.29 is 21.6 Å². The van der Waals surface area contributed by atoms with Crippen molar-refractivity contribution in [2.24, 2.45) is 0 Å². The lowest BCUT2D eigenvalue weighted by Gasteiger charge is -2.33. The summed E-state index contributed by atoms with van der Waals surface area (Å²) >= 11 is 7.22. The number of hydrogen-bond acceptors (Lipinski definition) is 5. The van der Waals surface area contributed by atoms with Gasteiger partial charge in [-0.1, -0.05) is 18.0 Å². The molecule has 0 spiro atoms. The van der Waals surface area contributed by atoms with Crippen LogP contribution in [0.25, 0.3) is 0 Å². The van der Waals surface area contributed by atoms with E-state index < -0.39 is 32.8 Å². The second-order valence-electron chi connectivity index (χ2n) is 5.93. The number of alkyl halides is 3. The summed E-state index contributed by atoms with van der Waals surface area (Å²) in [6.45, 7) is 2.03. The molecule has 3 rings (SSSR count). The van der Waals surface area contributed by atoms with E-state index in [1.54, 1.807) is 6.92 Å². The molecule has 1 aliphatic rings. The molecule has 1 unspecified atom stereocenters. The molecule has 11 heteroatoms. The van der Waals surface area contributed by atoms with Crippen LogP contribution in [0.2, 0.25) is 5.02 Å². The molecule has 2 aromatic rings. The SMILES string of the molecule is Cc1nnc(C2CCCCN2S(=O)(=O)c2ccc(C(F)(F)F)cc2Cl)s1. The van der Waals surface area contributed by atoms with Gasteiger partial charge in [0.15, 0.2) is 0 Å². The number of hydrogen-bond donors (Lipinski definition) is 0. The molecule has 142 valence electrons. The van der Waals surface area contributed by atoms with Crippen LogP contribution in [0.15, 0.2) is 23.1 Å². The molecule has 2 heterocycles. The second kappa shape index (κ2) is 7.06. The number of piperidine rings is 1. The minimum atomic E-state index is -4.59. The Morgan fingerprint density at radius 2 is 2.00 bits per heavy atom. The maximum atomic E-state index is 13.1. The van der Waals surface area contributed by atoms with Gasteiger partial charge in [-0.3, -0.25) is 0 Å². The molecule has 0 bridgehead atoms. The van der Waals surface area contributed by atoms with E-state index in [0.29, 0.717) is 23.9 Å². The fourth-order valence-electron chi connectivity index (χ4n) is 2.90. The van der Waals surface area contributed by atoms with E-state index in [0.717, 1.165) is 23.6 Å². The van der Waals surface area contributed by atoms with Crippen molar-refractivity contribution in [2.75, 3.05) is 6.54 Å². The normalized spacial score (nSPS) is 19.7. The fraction of sp³-hybridized carbons (Fsp3) is 0.467. The van der Waals surface area contributed by atoms with Crippen molar-refractivity contribution in [3.05, 3.63) is 38.8 Å². The van der Waals surface area contributed by atoms with E-state index in [1.807, 2.05) is 0 Å². The first-order valence-electron chi connectivity index (χ1n) is 7.79. The molecule has 26 heavy (non-hydrogen) atoms. The van der Waals surface area contributed by atoms with Gasteiger partial charge in [-0.15, -0.1) is 21.5 Å². The zero-order valence-corrected chi connectivity index (χ0v) is 16.0. The van der Waals surface area contributed by atoms with Crippen molar-refractivity contribution in [3.8, 4) is 0 Å². The predicted octanol–water partition coefficient (Wildman–Crippen LogP) is 4.43. The first-order chi connectivity index (χ1) is 12.1. The Kier molecular flexibility index (Phi) is 5.31. The number of benzene rings is 1. The molecule has 1 saturated heterocycles. The predicted molar refractivity (Wildman–Crippen MR) is 91.6 cm³/mol. The molecule has 1 atom stereocenters. The number of halogens is 4. The Bertz CT molecular complexity index is 915. The lowest BCUT2D eigenvalue weighted by atomic mass is 10.1. The topological polar surface area (TPSA) is 63.2 Å². The highest BCUT2D eigenvalue weighted by atomic mass is 35.5. The molecule has 0 saturated carbocycles. The summed E-state index contributed by atoms with van der Waals surface area (Å²) in [6, 6.07) is 1.80. The van der Waals surface area contributed by atoms with Gasteiger partial charge in [0.25, 0.3) is 0 Å². The standard InChI is InChI=1S/C15H15ClF3N3O2S2/c1-9-20-21-14(25-9)12-4-2-3-7-22(12)26(23,24)13-6-5-10(8-11(13)16)15(17,18)19/h5-6,8,12H,2-4,7H2,1H3. The van der Waals surface area contributed by atoms with Crippen molar-refractivity contribution in [2.45, 2.75) is 43.3 Å². The van der Waals surface area contributed by atoms with Crippen molar-refractivity contribution in [1.29, 1.82) is 0 Å². The van der Waals surface area contributed by atoms with Gasteiger partial charge in [-0.05, 0) is 38.0 Å². The van der Waals surface area contributed by atoms with Gasteiger partial charge in [0.1, 0.15) is 14.9 Å². The van der Waals surface area contributed by atoms with Gasteiger partial charge < -0.3 is 0 Å². The van der Waals surface area contributed by atoms with Crippen molar-refractivity contribution in [3.63, 3.8) is 0 Å². The molecular weight excluding hydrogens is 411 g/mol. The highest BCUT2D eigenvalue weighted by Gasteiger charge is 2.38. The Morgan fingerprint density at radius 1 is 1.27 bits per heavy atom. The van der Waals surface area contributed by atoms with Gasteiger partial charge >= 0.3 is 6.18 Å². The molecule has 0 radical (unpaired) electrons. The molecular formula is C15H15ClF3N3O2S2. The Balaban J connectivity index is 2.00. The van der Waals surface area contributed by atoms with E-state index in [4.69, 9.17) is 11.6 Å². The average Bonchev–Trinajstić information content (AvgIpc) is 3.00. The van der Waals surface area contributed by atoms with Gasteiger partial charge in [-0.25, -0.2) is 8.42 Å². The van der Waals surface area contributed by atoms with E-state index in [1.165, 1.54) is 15.6 Å². The minimum Gasteiger partial charge on any atom is -0.207 e. The summed E-state index contributed by atoms with van der Waals surface area (Å²) in [5.41, 5.74) is -0.989. The summed E-state index contributed by atoms with van der Waals surface area (Å²) in [7, 11) is -4.07. The zero-order valence-electron chi connectivity index (χ0n) is 13.6. The molecule has 1 fully saturated rings. The van der Waals surface area contributed by atoms with Gasteiger partial charge in [0.05, 0.1) is 16.6 Å². The summed E-state index contributed by atoms with van der Waals surface area (Å²) < 4.78 is 65.8. The third kappa shape index (κ3) is 3.73. The number of sulfonamides is 1. The molecule has 0 N–H and O–H groups in total. The zero-order chi connectivity index (χ0) is 19.1. The average molecular weight is 426 g/mol. The van der Waals surface area contributed by atoms with Crippen LogP contribution in [0.3, 0.4) is 0 Å². The van der Waals surface area contributed by atoms with Crippen LogP contribution in [-0.4, -0.2) is 29.5 Å². The number of aryl methyl sites for hydroxylation is 1. The van der Waals surface area contributed by atoms with Gasteiger partial charge in [-0.2, -0.15) is 17.5 Å². The van der Waals surface area contributed by atoms with Crippen LogP contribution < -0.4 is 0 Å². The van der Waals surface area contributed by atoms with Gasteiger partial charge in [0, 0.05) is 6.54 Å². The van der Waals surface area contributed by atoms with Crippen LogP contribution in [-0.2, 0) is 16.2 Å². The maximum Gasteiger partial charge on any atom is 0.416 e. The number of rotatable bonds is 3. The summed E-state index contributed by atoms with van der Waals surface area (Å²) in [4.78, 5) is -0.333. The first-order valence-corrected chi connectivity index (χ1v) is 10.4. The minimum absolute atomic E-state index is 0.253. The molecule has 1 aromatic carbocycles. The molecule has 1 aliphatic heterocycles. The monoisotopic (exact) mass is 425 g/mol. The smallest absolute Gasteiger partial charge is 0.207 e. The molecule has 5 nitrogen and oxygen atoms in total. The van der Waals surface area contributed by atoms with Crippen molar-refractivity contribution >= 4 is 33.0 Å².